The molecule has 0 spiro atoms. The molecule has 126 valence electrons. The highest BCUT2D eigenvalue weighted by Gasteiger charge is 2.32. The minimum atomic E-state index is -0.402. The van der Waals surface area contributed by atoms with Crippen LogP contribution >= 0.6 is 0 Å². The number of hydrogen-bond acceptors (Lipinski definition) is 4. The lowest BCUT2D eigenvalue weighted by Crippen LogP contribution is -2.30. The number of carbonyl (C=O) groups is 2. The van der Waals surface area contributed by atoms with E-state index in [0.717, 1.165) is 16.1 Å². The number of rotatable bonds is 4. The van der Waals surface area contributed by atoms with Crippen LogP contribution in [0.2, 0.25) is 0 Å². The fourth-order valence-corrected chi connectivity index (χ4v) is 2.60. The molecule has 2 aromatic carbocycles. The van der Waals surface area contributed by atoms with Gasteiger partial charge in [0.05, 0.1) is 24.8 Å². The van der Waals surface area contributed by atoms with E-state index in [2.05, 4.69) is 5.10 Å². The van der Waals surface area contributed by atoms with Gasteiger partial charge in [-0.05, 0) is 36.3 Å². The van der Waals surface area contributed by atoms with E-state index in [1.165, 1.54) is 0 Å². The molecule has 0 bridgehead atoms. The van der Waals surface area contributed by atoms with Crippen LogP contribution in [-0.2, 0) is 16.0 Å². The third kappa shape index (κ3) is 3.66. The third-order valence-corrected chi connectivity index (χ3v) is 3.90. The first kappa shape index (κ1) is 16.6. The standard InChI is InChI=1S/C20H18N2O3/c1-14-18(12-16-9-6-10-17(11-16)25-2)20(24)22(21-14)19(23)13-15-7-4-3-5-8-15/h3-12H,13H2,1-2H3/b18-12+. The van der Waals surface area contributed by atoms with Crippen LogP contribution in [0.5, 0.6) is 5.75 Å². The third-order valence-electron chi connectivity index (χ3n) is 3.90. The van der Waals surface area contributed by atoms with Crippen molar-refractivity contribution >= 4 is 23.6 Å². The highest BCUT2D eigenvalue weighted by Crippen LogP contribution is 2.21. The molecule has 0 aliphatic carbocycles. The summed E-state index contributed by atoms with van der Waals surface area (Å²) in [4.78, 5) is 25.0. The van der Waals surface area contributed by atoms with Gasteiger partial charge in [-0.2, -0.15) is 10.1 Å². The van der Waals surface area contributed by atoms with Gasteiger partial charge < -0.3 is 4.74 Å². The van der Waals surface area contributed by atoms with Gasteiger partial charge >= 0.3 is 0 Å². The monoisotopic (exact) mass is 334 g/mol. The lowest BCUT2D eigenvalue weighted by Gasteiger charge is -2.09. The summed E-state index contributed by atoms with van der Waals surface area (Å²) in [5.41, 5.74) is 2.59. The lowest BCUT2D eigenvalue weighted by atomic mass is 10.1. The van der Waals surface area contributed by atoms with E-state index in [9.17, 15) is 9.59 Å². The Morgan fingerprint density at radius 1 is 1.16 bits per heavy atom. The van der Waals surface area contributed by atoms with Gasteiger partial charge in [0.15, 0.2) is 0 Å². The quantitative estimate of drug-likeness (QED) is 0.808. The highest BCUT2D eigenvalue weighted by molar-refractivity contribution is 6.29. The Balaban J connectivity index is 1.81. The van der Waals surface area contributed by atoms with Gasteiger partial charge in [-0.25, -0.2) is 0 Å². The van der Waals surface area contributed by atoms with Gasteiger partial charge in [-0.3, -0.25) is 9.59 Å². The first-order valence-corrected chi connectivity index (χ1v) is 7.91. The molecule has 25 heavy (non-hydrogen) atoms. The average molecular weight is 334 g/mol. The van der Waals surface area contributed by atoms with E-state index < -0.39 is 5.91 Å². The molecule has 0 saturated heterocycles. The molecule has 0 fully saturated rings. The molecule has 0 N–H and O–H groups in total. The van der Waals surface area contributed by atoms with Gasteiger partial charge in [0.1, 0.15) is 5.75 Å². The predicted octanol–water partition coefficient (Wildman–Crippen LogP) is 3.07. The van der Waals surface area contributed by atoms with Crippen LogP contribution in [0.25, 0.3) is 6.08 Å². The molecular formula is C20H18N2O3. The molecule has 3 rings (SSSR count). The summed E-state index contributed by atoms with van der Waals surface area (Å²) < 4.78 is 5.19. The topological polar surface area (TPSA) is 59.0 Å². The molecule has 5 nitrogen and oxygen atoms in total. The van der Waals surface area contributed by atoms with Crippen LogP contribution in [0.1, 0.15) is 18.1 Å². The Bertz CT molecular complexity index is 870. The molecule has 0 radical (unpaired) electrons. The fourth-order valence-electron chi connectivity index (χ4n) is 2.60. The van der Waals surface area contributed by atoms with E-state index >= 15 is 0 Å². The van der Waals surface area contributed by atoms with Crippen molar-refractivity contribution in [2.75, 3.05) is 7.11 Å². The molecule has 1 heterocycles. The van der Waals surface area contributed by atoms with Gasteiger partial charge in [0.2, 0.25) is 0 Å². The number of nitrogens with zero attached hydrogens (tertiary/aromatic N) is 2. The Labute approximate surface area is 146 Å². The number of imide groups is 1. The van der Waals surface area contributed by atoms with Crippen LogP contribution in [-0.4, -0.2) is 29.6 Å². The van der Waals surface area contributed by atoms with Gasteiger partial charge in [-0.15, -0.1) is 0 Å². The second-order valence-corrected chi connectivity index (χ2v) is 5.69. The van der Waals surface area contributed by atoms with Crippen LogP contribution in [0, 0.1) is 0 Å². The minimum Gasteiger partial charge on any atom is -0.497 e. The summed E-state index contributed by atoms with van der Waals surface area (Å²) in [6.07, 6.45) is 1.86. The second kappa shape index (κ2) is 7.13. The van der Waals surface area contributed by atoms with Crippen LogP contribution in [0.15, 0.2) is 65.3 Å². The highest BCUT2D eigenvalue weighted by atomic mass is 16.5. The minimum absolute atomic E-state index is 0.135. The lowest BCUT2D eigenvalue weighted by molar-refractivity contribution is -0.141. The normalized spacial score (nSPS) is 15.4. The largest absolute Gasteiger partial charge is 0.497 e. The summed E-state index contributed by atoms with van der Waals surface area (Å²) >= 11 is 0. The van der Waals surface area contributed by atoms with Gasteiger partial charge in [0, 0.05) is 0 Å². The average Bonchev–Trinajstić information content (AvgIpc) is 2.91. The summed E-state index contributed by atoms with van der Waals surface area (Å²) in [6.45, 7) is 1.72. The molecule has 5 heteroatoms. The number of carbonyl (C=O) groups excluding carboxylic acids is 2. The molecule has 0 saturated carbocycles. The Kier molecular flexibility index (Phi) is 4.75. The maximum Gasteiger partial charge on any atom is 0.283 e. The summed E-state index contributed by atoms with van der Waals surface area (Å²) in [6, 6.07) is 16.7. The zero-order valence-electron chi connectivity index (χ0n) is 14.1. The molecule has 2 aromatic rings. The molecular weight excluding hydrogens is 316 g/mol. The summed E-state index contributed by atoms with van der Waals surface area (Å²) in [5, 5.41) is 5.09. The van der Waals surface area contributed by atoms with Crippen molar-refractivity contribution < 1.29 is 14.3 Å². The van der Waals surface area contributed by atoms with Crippen LogP contribution < -0.4 is 4.74 Å². The van der Waals surface area contributed by atoms with Gasteiger partial charge in [-0.1, -0.05) is 42.5 Å². The summed E-state index contributed by atoms with van der Waals surface area (Å²) in [5.74, 6) is -0.0442. The van der Waals surface area contributed by atoms with Crippen molar-refractivity contribution in [2.45, 2.75) is 13.3 Å². The maximum absolute atomic E-state index is 12.6. The van der Waals surface area contributed by atoms with Crippen molar-refractivity contribution in [2.24, 2.45) is 5.10 Å². The van der Waals surface area contributed by atoms with E-state index in [0.29, 0.717) is 17.0 Å². The number of hydrazone groups is 1. The van der Waals surface area contributed by atoms with Crippen molar-refractivity contribution in [1.29, 1.82) is 0 Å². The molecule has 0 aromatic heterocycles. The van der Waals surface area contributed by atoms with Crippen LogP contribution in [0.4, 0.5) is 0 Å². The maximum atomic E-state index is 12.6. The Hall–Kier alpha value is -3.21. The van der Waals surface area contributed by atoms with E-state index in [1.807, 2.05) is 54.6 Å². The Morgan fingerprint density at radius 3 is 2.64 bits per heavy atom. The number of ether oxygens (including phenoxy) is 1. The zero-order chi connectivity index (χ0) is 17.8. The number of amides is 2. The molecule has 1 aliphatic rings. The molecule has 1 aliphatic heterocycles. The second-order valence-electron chi connectivity index (χ2n) is 5.69. The number of hydrogen-bond donors (Lipinski definition) is 0. The fraction of sp³-hybridized carbons (Fsp3) is 0.150. The first-order chi connectivity index (χ1) is 12.1. The van der Waals surface area contributed by atoms with E-state index in [-0.39, 0.29) is 12.3 Å². The summed E-state index contributed by atoms with van der Waals surface area (Å²) in [7, 11) is 1.59. The SMILES string of the molecule is COc1cccc(/C=C2/C(=O)N(C(=O)Cc3ccccc3)N=C2C)c1. The molecule has 0 atom stereocenters. The van der Waals surface area contributed by atoms with Gasteiger partial charge in [0.25, 0.3) is 11.8 Å². The van der Waals surface area contributed by atoms with Crippen molar-refractivity contribution in [3.8, 4) is 5.75 Å². The number of methoxy groups -OCH3 is 1. The van der Waals surface area contributed by atoms with E-state index in [4.69, 9.17) is 4.74 Å². The van der Waals surface area contributed by atoms with E-state index in [1.54, 1.807) is 20.1 Å². The van der Waals surface area contributed by atoms with Crippen LogP contribution in [0.3, 0.4) is 0 Å². The molecule has 0 unspecified atom stereocenters. The number of benzene rings is 2. The van der Waals surface area contributed by atoms with Crippen molar-refractivity contribution in [1.82, 2.24) is 5.01 Å². The zero-order valence-corrected chi connectivity index (χ0v) is 14.1. The molecule has 2 amide bonds. The Morgan fingerprint density at radius 2 is 1.92 bits per heavy atom. The first-order valence-electron chi connectivity index (χ1n) is 7.91. The van der Waals surface area contributed by atoms with Crippen molar-refractivity contribution in [3.63, 3.8) is 0 Å². The van der Waals surface area contributed by atoms with Crippen molar-refractivity contribution in [3.05, 3.63) is 71.3 Å². The smallest absolute Gasteiger partial charge is 0.283 e. The predicted molar refractivity (Wildman–Crippen MR) is 96.1 cm³/mol.